The summed E-state index contributed by atoms with van der Waals surface area (Å²) in [6, 6.07) is 7.61. The molecular weight excluding hydrogens is 280 g/mol. The number of carboxylic acid groups (broad SMARTS) is 1. The molecule has 1 aliphatic carbocycles. The van der Waals surface area contributed by atoms with Crippen LogP contribution in [-0.2, 0) is 0 Å². The standard InChI is InChI=1S/C14H11ClN2O3/c15-13-12(14(18)19)11(7-16-17-13)20-10-3-1-2-9(6-10)8-4-5-8/h1-3,6-8H,4-5H2,(H,18,19). The highest BCUT2D eigenvalue weighted by molar-refractivity contribution is 6.32. The van der Waals surface area contributed by atoms with E-state index in [1.807, 2.05) is 18.2 Å². The molecule has 1 saturated carbocycles. The molecule has 6 heteroatoms. The molecule has 0 unspecified atom stereocenters. The quantitative estimate of drug-likeness (QED) is 0.933. The summed E-state index contributed by atoms with van der Waals surface area (Å²) in [5.74, 6) is 0.0568. The van der Waals surface area contributed by atoms with E-state index in [9.17, 15) is 4.79 Å². The lowest BCUT2D eigenvalue weighted by atomic mass is 10.1. The highest BCUT2D eigenvalue weighted by Crippen LogP contribution is 2.41. The Kier molecular flexibility index (Phi) is 3.28. The summed E-state index contributed by atoms with van der Waals surface area (Å²) >= 11 is 5.75. The highest BCUT2D eigenvalue weighted by Gasteiger charge is 2.24. The van der Waals surface area contributed by atoms with Crippen molar-refractivity contribution in [2.45, 2.75) is 18.8 Å². The van der Waals surface area contributed by atoms with Gasteiger partial charge < -0.3 is 9.84 Å². The molecule has 1 heterocycles. The molecule has 1 N–H and O–H groups in total. The molecule has 20 heavy (non-hydrogen) atoms. The normalized spacial score (nSPS) is 14.1. The zero-order chi connectivity index (χ0) is 14.1. The van der Waals surface area contributed by atoms with Crippen LogP contribution >= 0.6 is 11.6 Å². The minimum absolute atomic E-state index is 0.0884. The predicted molar refractivity (Wildman–Crippen MR) is 72.5 cm³/mol. The molecule has 0 saturated heterocycles. The Balaban J connectivity index is 1.93. The molecule has 0 bridgehead atoms. The Morgan fingerprint density at radius 1 is 1.40 bits per heavy atom. The summed E-state index contributed by atoms with van der Waals surface area (Å²) in [4.78, 5) is 11.2. The van der Waals surface area contributed by atoms with Gasteiger partial charge in [0.05, 0.1) is 6.20 Å². The van der Waals surface area contributed by atoms with Gasteiger partial charge in [-0.15, -0.1) is 5.10 Å². The summed E-state index contributed by atoms with van der Waals surface area (Å²) in [5, 5.41) is 16.1. The van der Waals surface area contributed by atoms with Crippen molar-refractivity contribution in [3.8, 4) is 11.5 Å². The Morgan fingerprint density at radius 2 is 2.20 bits per heavy atom. The molecule has 2 aromatic rings. The zero-order valence-corrected chi connectivity index (χ0v) is 11.2. The van der Waals surface area contributed by atoms with Crippen LogP contribution in [0.4, 0.5) is 0 Å². The lowest BCUT2D eigenvalue weighted by Gasteiger charge is -2.09. The lowest BCUT2D eigenvalue weighted by molar-refractivity contribution is 0.0693. The number of benzene rings is 1. The van der Waals surface area contributed by atoms with Gasteiger partial charge in [-0.25, -0.2) is 4.79 Å². The van der Waals surface area contributed by atoms with Gasteiger partial charge in [0.15, 0.2) is 10.9 Å². The molecule has 1 fully saturated rings. The number of aromatic carboxylic acids is 1. The Bertz CT molecular complexity index is 671. The molecular formula is C14H11ClN2O3. The number of ether oxygens (including phenoxy) is 1. The number of hydrogen-bond acceptors (Lipinski definition) is 4. The maximum absolute atomic E-state index is 11.2. The maximum atomic E-state index is 11.2. The molecule has 1 aromatic carbocycles. The molecule has 1 aromatic heterocycles. The van der Waals surface area contributed by atoms with E-state index < -0.39 is 5.97 Å². The number of hydrogen-bond donors (Lipinski definition) is 1. The number of nitrogens with zero attached hydrogens (tertiary/aromatic N) is 2. The minimum atomic E-state index is -1.20. The fourth-order valence-electron chi connectivity index (χ4n) is 1.99. The van der Waals surface area contributed by atoms with Crippen LogP contribution < -0.4 is 4.74 Å². The van der Waals surface area contributed by atoms with E-state index in [0.717, 1.165) is 0 Å². The average molecular weight is 291 g/mol. The van der Waals surface area contributed by atoms with Crippen molar-refractivity contribution < 1.29 is 14.6 Å². The second-order valence-corrected chi connectivity index (χ2v) is 4.99. The number of aromatic nitrogens is 2. The van der Waals surface area contributed by atoms with Crippen molar-refractivity contribution in [3.05, 3.63) is 46.7 Å². The van der Waals surface area contributed by atoms with Crippen LogP contribution in [-0.4, -0.2) is 21.3 Å². The van der Waals surface area contributed by atoms with Crippen LogP contribution in [0.1, 0.15) is 34.7 Å². The molecule has 0 amide bonds. The molecule has 0 aliphatic heterocycles. The van der Waals surface area contributed by atoms with Crippen LogP contribution in [0.2, 0.25) is 5.15 Å². The Morgan fingerprint density at radius 3 is 2.90 bits per heavy atom. The molecule has 0 spiro atoms. The summed E-state index contributed by atoms with van der Waals surface area (Å²) in [6.45, 7) is 0. The van der Waals surface area contributed by atoms with Gasteiger partial charge in [-0.3, -0.25) is 0 Å². The summed E-state index contributed by atoms with van der Waals surface area (Å²) < 4.78 is 5.60. The summed E-state index contributed by atoms with van der Waals surface area (Å²) in [6.07, 6.45) is 3.62. The fraction of sp³-hybridized carbons (Fsp3) is 0.214. The van der Waals surface area contributed by atoms with Crippen LogP contribution in [0.15, 0.2) is 30.5 Å². The van der Waals surface area contributed by atoms with Gasteiger partial charge in [0.1, 0.15) is 11.3 Å². The SMILES string of the molecule is O=C(O)c1c(Oc2cccc(C3CC3)c2)cnnc1Cl. The van der Waals surface area contributed by atoms with E-state index in [1.165, 1.54) is 24.6 Å². The van der Waals surface area contributed by atoms with Gasteiger partial charge in [-0.1, -0.05) is 23.7 Å². The topological polar surface area (TPSA) is 72.3 Å². The number of carbonyl (C=O) groups is 1. The van der Waals surface area contributed by atoms with Crippen molar-refractivity contribution in [2.75, 3.05) is 0 Å². The van der Waals surface area contributed by atoms with Crippen LogP contribution in [0, 0.1) is 0 Å². The van der Waals surface area contributed by atoms with Gasteiger partial charge in [-0.05, 0) is 36.5 Å². The first-order valence-corrected chi connectivity index (χ1v) is 6.55. The summed E-state index contributed by atoms with van der Waals surface area (Å²) in [5.41, 5.74) is 1.02. The van der Waals surface area contributed by atoms with E-state index in [1.54, 1.807) is 6.07 Å². The number of rotatable bonds is 4. The van der Waals surface area contributed by atoms with Gasteiger partial charge in [-0.2, -0.15) is 5.10 Å². The molecule has 3 rings (SSSR count). The van der Waals surface area contributed by atoms with Gasteiger partial charge in [0.25, 0.3) is 0 Å². The lowest BCUT2D eigenvalue weighted by Crippen LogP contribution is -2.04. The third-order valence-electron chi connectivity index (χ3n) is 3.12. The van der Waals surface area contributed by atoms with Crippen molar-refractivity contribution in [2.24, 2.45) is 0 Å². The van der Waals surface area contributed by atoms with Gasteiger partial charge >= 0.3 is 5.97 Å². The van der Waals surface area contributed by atoms with E-state index in [4.69, 9.17) is 21.4 Å². The van der Waals surface area contributed by atoms with E-state index >= 15 is 0 Å². The van der Waals surface area contributed by atoms with E-state index in [0.29, 0.717) is 11.7 Å². The van der Waals surface area contributed by atoms with Crippen molar-refractivity contribution in [3.63, 3.8) is 0 Å². The maximum Gasteiger partial charge on any atom is 0.342 e. The van der Waals surface area contributed by atoms with Crippen LogP contribution in [0.5, 0.6) is 11.5 Å². The highest BCUT2D eigenvalue weighted by atomic mass is 35.5. The summed E-state index contributed by atoms with van der Waals surface area (Å²) in [7, 11) is 0. The molecule has 102 valence electrons. The molecule has 0 radical (unpaired) electrons. The third-order valence-corrected chi connectivity index (χ3v) is 3.39. The average Bonchev–Trinajstić information content (AvgIpc) is 3.23. The Hall–Kier alpha value is -2.14. The first kappa shape index (κ1) is 12.9. The monoisotopic (exact) mass is 290 g/mol. The Labute approximate surface area is 120 Å². The van der Waals surface area contributed by atoms with Crippen LogP contribution in [0.3, 0.4) is 0 Å². The molecule has 5 nitrogen and oxygen atoms in total. The largest absolute Gasteiger partial charge is 0.477 e. The third kappa shape index (κ3) is 2.58. The molecule has 1 aliphatic rings. The zero-order valence-electron chi connectivity index (χ0n) is 10.4. The minimum Gasteiger partial charge on any atom is -0.477 e. The predicted octanol–water partition coefficient (Wildman–Crippen LogP) is 3.50. The van der Waals surface area contributed by atoms with Crippen molar-refractivity contribution in [1.82, 2.24) is 10.2 Å². The second-order valence-electron chi connectivity index (χ2n) is 4.63. The smallest absolute Gasteiger partial charge is 0.342 e. The first-order chi connectivity index (χ1) is 9.65. The first-order valence-electron chi connectivity index (χ1n) is 6.17. The molecule has 0 atom stereocenters. The van der Waals surface area contributed by atoms with Crippen LogP contribution in [0.25, 0.3) is 0 Å². The second kappa shape index (κ2) is 5.09. The van der Waals surface area contributed by atoms with E-state index in [2.05, 4.69) is 10.2 Å². The van der Waals surface area contributed by atoms with Crippen molar-refractivity contribution in [1.29, 1.82) is 0 Å². The number of carboxylic acids is 1. The fourth-order valence-corrected chi connectivity index (χ4v) is 2.21. The van der Waals surface area contributed by atoms with E-state index in [-0.39, 0.29) is 16.5 Å². The van der Waals surface area contributed by atoms with Gasteiger partial charge in [0, 0.05) is 0 Å². The van der Waals surface area contributed by atoms with Gasteiger partial charge in [0.2, 0.25) is 0 Å². The number of halogens is 1. The van der Waals surface area contributed by atoms with Crippen molar-refractivity contribution >= 4 is 17.6 Å².